The summed E-state index contributed by atoms with van der Waals surface area (Å²) in [6.45, 7) is 11.3. The van der Waals surface area contributed by atoms with Crippen LogP contribution in [-0.2, 0) is 21.0 Å². The normalized spacial score (nSPS) is 13.1. The summed E-state index contributed by atoms with van der Waals surface area (Å²) in [6, 6.07) is 7.88. The number of rotatable bonds is 7. The van der Waals surface area contributed by atoms with E-state index in [2.05, 4.69) is 5.32 Å². The highest BCUT2D eigenvalue weighted by molar-refractivity contribution is 7.46. The van der Waals surface area contributed by atoms with Crippen molar-refractivity contribution in [3.63, 3.8) is 0 Å². The number of carbonyl (C=O) groups excluding carboxylic acids is 1. The van der Waals surface area contributed by atoms with Gasteiger partial charge in [0.05, 0.1) is 11.1 Å². The zero-order valence-electron chi connectivity index (χ0n) is 24.5. The molecule has 0 fully saturated rings. The smallest absolute Gasteiger partial charge is 0.456 e. The number of alkyl halides is 3. The molecule has 0 aliphatic rings. The van der Waals surface area contributed by atoms with Crippen molar-refractivity contribution < 1.29 is 46.0 Å². The number of phosphoric ester groups is 1. The molecule has 0 saturated heterocycles. The number of carbonyl (C=O) groups is 1. The monoisotopic (exact) mass is 628 g/mol. The summed E-state index contributed by atoms with van der Waals surface area (Å²) in [5, 5.41) is 2.44. The van der Waals surface area contributed by atoms with Crippen LogP contribution in [0.25, 0.3) is 0 Å². The molecule has 9 nitrogen and oxygen atoms in total. The average Bonchev–Trinajstić information content (AvgIpc) is 2.82. The number of nitrogens with one attached hydrogen (secondary N) is 1. The SMILES string of the molecule is Cc1cc(F)ccc1Oc1cc(C(F)(F)F)ccc1C(=O)Nc1ccn(C(OP(=O)(O)O)(C(C)(C)C)C(C)(C)C)c(=O)c1. The van der Waals surface area contributed by atoms with Crippen LogP contribution < -0.4 is 15.6 Å². The van der Waals surface area contributed by atoms with E-state index < -0.39 is 59.2 Å². The van der Waals surface area contributed by atoms with Gasteiger partial charge in [-0.2, -0.15) is 13.2 Å². The number of benzene rings is 2. The predicted octanol–water partition coefficient (Wildman–Crippen LogP) is 7.21. The molecule has 1 amide bonds. The lowest BCUT2D eigenvalue weighted by Gasteiger charge is -2.53. The minimum atomic E-state index is -5.14. The van der Waals surface area contributed by atoms with Crippen molar-refractivity contribution >= 4 is 19.4 Å². The highest BCUT2D eigenvalue weighted by Gasteiger charge is 2.57. The van der Waals surface area contributed by atoms with Crippen molar-refractivity contribution in [2.45, 2.75) is 60.4 Å². The molecule has 0 aliphatic carbocycles. The molecule has 1 heterocycles. The molecule has 0 unspecified atom stereocenters. The molecule has 0 atom stereocenters. The summed E-state index contributed by atoms with van der Waals surface area (Å²) in [7, 11) is -5.14. The van der Waals surface area contributed by atoms with Crippen molar-refractivity contribution in [3.8, 4) is 11.5 Å². The Morgan fingerprint density at radius 3 is 2.00 bits per heavy atom. The number of anilines is 1. The highest BCUT2D eigenvalue weighted by atomic mass is 31.2. The maximum absolute atomic E-state index is 13.6. The summed E-state index contributed by atoms with van der Waals surface area (Å²) in [5.74, 6) is -1.97. The van der Waals surface area contributed by atoms with Gasteiger partial charge in [-0.1, -0.05) is 41.5 Å². The van der Waals surface area contributed by atoms with Crippen LogP contribution >= 0.6 is 7.82 Å². The number of nitrogens with zero attached hydrogens (tertiary/aromatic N) is 1. The first kappa shape index (κ1) is 34.0. The molecule has 0 bridgehead atoms. The molecule has 3 N–H and O–H groups in total. The third-order valence-electron chi connectivity index (χ3n) is 6.71. The Balaban J connectivity index is 2.07. The van der Waals surface area contributed by atoms with E-state index >= 15 is 0 Å². The number of halogens is 4. The van der Waals surface area contributed by atoms with Gasteiger partial charge in [-0.05, 0) is 55.0 Å². The number of hydrogen-bond donors (Lipinski definition) is 3. The Morgan fingerprint density at radius 1 is 0.907 bits per heavy atom. The number of phosphoric acid groups is 1. The Bertz CT molecular complexity index is 1620. The topological polar surface area (TPSA) is 127 Å². The summed E-state index contributed by atoms with van der Waals surface area (Å²) < 4.78 is 78.0. The zero-order chi connectivity index (χ0) is 32.8. The summed E-state index contributed by atoms with van der Waals surface area (Å²) in [4.78, 5) is 46.2. The van der Waals surface area contributed by atoms with Gasteiger partial charge in [-0.15, -0.1) is 0 Å². The molecule has 1 aromatic heterocycles. The van der Waals surface area contributed by atoms with Crippen LogP contribution in [0.1, 0.15) is 63.0 Å². The maximum atomic E-state index is 13.6. The van der Waals surface area contributed by atoms with Gasteiger partial charge in [-0.25, -0.2) is 8.96 Å². The zero-order valence-corrected chi connectivity index (χ0v) is 25.4. The molecule has 3 rings (SSSR count). The van der Waals surface area contributed by atoms with Crippen molar-refractivity contribution in [2.24, 2.45) is 10.8 Å². The first-order valence-corrected chi connectivity index (χ1v) is 14.5. The van der Waals surface area contributed by atoms with E-state index in [4.69, 9.17) is 9.26 Å². The number of amides is 1. The summed E-state index contributed by atoms with van der Waals surface area (Å²) >= 11 is 0. The van der Waals surface area contributed by atoms with Crippen LogP contribution in [0, 0.1) is 23.6 Å². The van der Waals surface area contributed by atoms with Crippen LogP contribution in [0.15, 0.2) is 59.5 Å². The predicted molar refractivity (Wildman–Crippen MR) is 151 cm³/mol. The van der Waals surface area contributed by atoms with E-state index in [0.717, 1.165) is 28.8 Å². The van der Waals surface area contributed by atoms with Crippen molar-refractivity contribution in [1.29, 1.82) is 0 Å². The summed E-state index contributed by atoms with van der Waals surface area (Å²) in [6.07, 6.45) is -3.55. The third kappa shape index (κ3) is 7.35. The Morgan fingerprint density at radius 2 is 1.51 bits per heavy atom. The van der Waals surface area contributed by atoms with Gasteiger partial charge in [0.2, 0.25) is 0 Å². The lowest BCUT2D eigenvalue weighted by molar-refractivity contribution is -0.193. The number of hydrogen-bond acceptors (Lipinski definition) is 5. The van der Waals surface area contributed by atoms with Gasteiger partial charge in [-0.3, -0.25) is 18.7 Å². The summed E-state index contributed by atoms with van der Waals surface area (Å²) in [5.41, 5.74) is -5.97. The van der Waals surface area contributed by atoms with Gasteiger partial charge in [0.25, 0.3) is 11.5 Å². The molecule has 234 valence electrons. The molecule has 14 heteroatoms. The van der Waals surface area contributed by atoms with Crippen molar-refractivity contribution in [1.82, 2.24) is 4.57 Å². The van der Waals surface area contributed by atoms with Crippen LogP contribution in [0.5, 0.6) is 11.5 Å². The Kier molecular flexibility index (Phi) is 9.11. The number of ether oxygens (including phenoxy) is 1. The molecule has 0 aliphatic heterocycles. The Labute approximate surface area is 245 Å². The quantitative estimate of drug-likeness (QED) is 0.186. The van der Waals surface area contributed by atoms with Gasteiger partial charge >= 0.3 is 14.0 Å². The van der Waals surface area contributed by atoms with Gasteiger partial charge in [0, 0.05) is 28.8 Å². The van der Waals surface area contributed by atoms with E-state index in [9.17, 15) is 41.5 Å². The fraction of sp³-hybridized carbons (Fsp3) is 0.379. The molecule has 2 aromatic carbocycles. The maximum Gasteiger partial charge on any atom is 0.471 e. The Hall–Kier alpha value is -3.51. The van der Waals surface area contributed by atoms with Crippen molar-refractivity contribution in [2.75, 3.05) is 5.32 Å². The standard InChI is InChI=1S/C29H33F4N2O7P/c1-17-14-19(30)9-11-22(17)41-23-15-18(28(31,32)33)8-10-21(23)25(37)34-20-12-13-35(24(36)16-20)29(26(2,3)4,27(5,6)7)42-43(38,39)40/h8-16H,1-7H3,(H,34,37)(H2,38,39,40). The lowest BCUT2D eigenvalue weighted by atomic mass is 9.68. The molecule has 0 radical (unpaired) electrons. The molecular formula is C29H33F4N2O7P. The molecule has 0 saturated carbocycles. The largest absolute Gasteiger partial charge is 0.471 e. The highest BCUT2D eigenvalue weighted by Crippen LogP contribution is 2.57. The third-order valence-corrected chi connectivity index (χ3v) is 7.21. The molecule has 0 spiro atoms. The van der Waals surface area contributed by atoms with E-state index in [-0.39, 0.29) is 22.6 Å². The second kappa shape index (κ2) is 11.5. The van der Waals surface area contributed by atoms with Crippen LogP contribution in [-0.4, -0.2) is 20.3 Å². The fourth-order valence-corrected chi connectivity index (χ4v) is 6.15. The van der Waals surface area contributed by atoms with Gasteiger partial charge < -0.3 is 19.8 Å². The minimum Gasteiger partial charge on any atom is -0.456 e. The molecular weight excluding hydrogens is 595 g/mol. The molecule has 43 heavy (non-hydrogen) atoms. The van der Waals surface area contributed by atoms with E-state index in [0.29, 0.717) is 12.1 Å². The first-order chi connectivity index (χ1) is 19.5. The second-order valence-corrected chi connectivity index (χ2v) is 13.2. The van der Waals surface area contributed by atoms with Crippen LogP contribution in [0.3, 0.4) is 0 Å². The van der Waals surface area contributed by atoms with Crippen LogP contribution in [0.4, 0.5) is 23.2 Å². The van der Waals surface area contributed by atoms with Gasteiger partial charge in [0.1, 0.15) is 17.3 Å². The number of aromatic nitrogens is 1. The van der Waals surface area contributed by atoms with Crippen LogP contribution in [0.2, 0.25) is 0 Å². The average molecular weight is 629 g/mol. The van der Waals surface area contributed by atoms with Crippen molar-refractivity contribution in [3.05, 3.63) is 87.6 Å². The van der Waals surface area contributed by atoms with E-state index in [1.54, 1.807) is 41.5 Å². The number of aryl methyl sites for hydroxylation is 1. The minimum absolute atomic E-state index is 0.0168. The van der Waals surface area contributed by atoms with E-state index in [1.165, 1.54) is 25.3 Å². The number of pyridine rings is 1. The second-order valence-electron chi connectivity index (χ2n) is 12.0. The lowest BCUT2D eigenvalue weighted by Crippen LogP contribution is -2.59. The molecule has 3 aromatic rings. The van der Waals surface area contributed by atoms with Gasteiger partial charge in [0.15, 0.2) is 5.72 Å². The first-order valence-electron chi connectivity index (χ1n) is 12.9. The van der Waals surface area contributed by atoms with E-state index in [1.807, 2.05) is 0 Å². The fourth-order valence-electron chi connectivity index (χ4n) is 5.17.